The highest BCUT2D eigenvalue weighted by Gasteiger charge is 2.15. The van der Waals surface area contributed by atoms with Gasteiger partial charge in [0.05, 0.1) is 34.8 Å². The van der Waals surface area contributed by atoms with Crippen LogP contribution < -0.4 is 0 Å². The molecule has 2 N–H and O–H groups in total. The first-order valence-corrected chi connectivity index (χ1v) is 9.90. The predicted molar refractivity (Wildman–Crippen MR) is 120 cm³/mol. The van der Waals surface area contributed by atoms with Crippen LogP contribution >= 0.6 is 0 Å². The zero-order chi connectivity index (χ0) is 20.8. The van der Waals surface area contributed by atoms with Gasteiger partial charge < -0.3 is 4.98 Å². The van der Waals surface area contributed by atoms with Gasteiger partial charge in [0.15, 0.2) is 0 Å². The summed E-state index contributed by atoms with van der Waals surface area (Å²) in [4.78, 5) is 21.0. The lowest BCUT2D eigenvalue weighted by Crippen LogP contribution is -1.88. The van der Waals surface area contributed by atoms with Crippen molar-refractivity contribution in [1.82, 2.24) is 35.1 Å². The van der Waals surface area contributed by atoms with Gasteiger partial charge in [-0.25, -0.2) is 0 Å². The molecular formula is C24H17N7. The number of rotatable bonds is 3. The Morgan fingerprint density at radius 1 is 0.774 bits per heavy atom. The average molecular weight is 403 g/mol. The van der Waals surface area contributed by atoms with Gasteiger partial charge in [0.1, 0.15) is 5.69 Å². The first-order valence-electron chi connectivity index (χ1n) is 9.90. The Morgan fingerprint density at radius 2 is 1.68 bits per heavy atom. The number of aryl methyl sites for hydroxylation is 1. The van der Waals surface area contributed by atoms with Gasteiger partial charge in [0.2, 0.25) is 0 Å². The molecule has 7 nitrogen and oxygen atoms in total. The van der Waals surface area contributed by atoms with Crippen LogP contribution in [0.2, 0.25) is 0 Å². The normalized spacial score (nSPS) is 11.4. The van der Waals surface area contributed by atoms with E-state index in [1.807, 2.05) is 49.2 Å². The van der Waals surface area contributed by atoms with Gasteiger partial charge in [0, 0.05) is 58.4 Å². The number of aromatic amines is 2. The molecule has 148 valence electrons. The van der Waals surface area contributed by atoms with Gasteiger partial charge in [-0.2, -0.15) is 5.10 Å². The largest absolute Gasteiger partial charge is 0.352 e. The molecule has 6 aromatic rings. The van der Waals surface area contributed by atoms with Gasteiger partial charge in [-0.05, 0) is 36.8 Å². The van der Waals surface area contributed by atoms with E-state index in [1.165, 1.54) is 0 Å². The first-order chi connectivity index (χ1) is 15.3. The molecule has 0 unspecified atom stereocenters. The summed E-state index contributed by atoms with van der Waals surface area (Å²) in [6.45, 7) is 2.06. The number of aromatic nitrogens is 7. The lowest BCUT2D eigenvalue weighted by Gasteiger charge is -2.04. The molecule has 0 atom stereocenters. The summed E-state index contributed by atoms with van der Waals surface area (Å²) in [5.41, 5.74) is 8.65. The monoisotopic (exact) mass is 403 g/mol. The van der Waals surface area contributed by atoms with E-state index in [-0.39, 0.29) is 0 Å². The average Bonchev–Trinajstić information content (AvgIpc) is 3.43. The van der Waals surface area contributed by atoms with E-state index in [0.29, 0.717) is 0 Å². The molecule has 0 radical (unpaired) electrons. The standard InChI is InChI=1S/C24H17N7/c1-14-4-6-26-10-18(14)20-8-17-23(13-28-20)30-31-24(17)21-7-16-19(11-27-12-22(16)29-21)15-3-2-5-25-9-15/h2-13,29H,1H3,(H,30,31). The topological polar surface area (TPSA) is 96.0 Å². The fraction of sp³-hybridized carbons (Fsp3) is 0.0417. The van der Waals surface area contributed by atoms with Gasteiger partial charge in [-0.3, -0.25) is 25.0 Å². The Morgan fingerprint density at radius 3 is 2.55 bits per heavy atom. The summed E-state index contributed by atoms with van der Waals surface area (Å²) >= 11 is 0. The lowest BCUT2D eigenvalue weighted by atomic mass is 10.0. The molecule has 6 aromatic heterocycles. The number of hydrogen-bond acceptors (Lipinski definition) is 5. The summed E-state index contributed by atoms with van der Waals surface area (Å²) in [6.07, 6.45) is 12.8. The van der Waals surface area contributed by atoms with Crippen molar-refractivity contribution in [3.8, 4) is 33.8 Å². The van der Waals surface area contributed by atoms with E-state index in [1.54, 1.807) is 12.4 Å². The number of pyridine rings is 4. The summed E-state index contributed by atoms with van der Waals surface area (Å²) in [7, 11) is 0. The Balaban J connectivity index is 1.52. The molecule has 6 heterocycles. The number of nitrogens with one attached hydrogen (secondary N) is 2. The first kappa shape index (κ1) is 17.5. The van der Waals surface area contributed by atoms with Crippen LogP contribution in [0.25, 0.3) is 55.6 Å². The molecule has 0 aliphatic heterocycles. The second kappa shape index (κ2) is 6.84. The van der Waals surface area contributed by atoms with Crippen LogP contribution in [0, 0.1) is 6.92 Å². The lowest BCUT2D eigenvalue weighted by molar-refractivity contribution is 1.11. The number of H-pyrrole nitrogens is 2. The Labute approximate surface area is 177 Å². The maximum atomic E-state index is 4.60. The molecule has 0 saturated heterocycles. The molecular weight excluding hydrogens is 386 g/mol. The van der Waals surface area contributed by atoms with Crippen LogP contribution in [0.4, 0.5) is 0 Å². The molecule has 0 spiro atoms. The summed E-state index contributed by atoms with van der Waals surface area (Å²) in [5, 5.41) is 9.74. The molecule has 0 aromatic carbocycles. The summed E-state index contributed by atoms with van der Waals surface area (Å²) in [5.74, 6) is 0. The van der Waals surface area contributed by atoms with Crippen molar-refractivity contribution in [2.75, 3.05) is 0 Å². The van der Waals surface area contributed by atoms with Crippen LogP contribution in [0.1, 0.15) is 5.56 Å². The van der Waals surface area contributed by atoms with Crippen molar-refractivity contribution in [3.63, 3.8) is 0 Å². The van der Waals surface area contributed by atoms with E-state index < -0.39 is 0 Å². The fourth-order valence-corrected chi connectivity index (χ4v) is 3.93. The molecule has 0 aliphatic rings. The third-order valence-electron chi connectivity index (χ3n) is 5.54. The number of fused-ring (bicyclic) bond motifs is 2. The van der Waals surface area contributed by atoms with Crippen molar-refractivity contribution < 1.29 is 0 Å². The van der Waals surface area contributed by atoms with Gasteiger partial charge in [-0.1, -0.05) is 6.07 Å². The van der Waals surface area contributed by atoms with E-state index in [4.69, 9.17) is 0 Å². The van der Waals surface area contributed by atoms with E-state index >= 15 is 0 Å². The smallest absolute Gasteiger partial charge is 0.116 e. The molecule has 6 rings (SSSR count). The van der Waals surface area contributed by atoms with Crippen LogP contribution in [0.5, 0.6) is 0 Å². The highest BCUT2D eigenvalue weighted by Crippen LogP contribution is 2.34. The van der Waals surface area contributed by atoms with Crippen LogP contribution in [0.15, 0.2) is 73.7 Å². The molecule has 0 saturated carbocycles. The minimum absolute atomic E-state index is 0.841. The van der Waals surface area contributed by atoms with Crippen LogP contribution in [-0.4, -0.2) is 35.1 Å². The summed E-state index contributed by atoms with van der Waals surface area (Å²) < 4.78 is 0. The second-order valence-corrected chi connectivity index (χ2v) is 7.45. The third-order valence-corrected chi connectivity index (χ3v) is 5.54. The quantitative estimate of drug-likeness (QED) is 0.437. The zero-order valence-corrected chi connectivity index (χ0v) is 16.7. The molecule has 0 bridgehead atoms. The Hall–Kier alpha value is -4.39. The van der Waals surface area contributed by atoms with Gasteiger partial charge >= 0.3 is 0 Å². The minimum atomic E-state index is 0.841. The second-order valence-electron chi connectivity index (χ2n) is 7.45. The Bertz CT molecular complexity index is 1550. The molecule has 7 heteroatoms. The van der Waals surface area contributed by atoms with Crippen molar-refractivity contribution >= 4 is 21.8 Å². The van der Waals surface area contributed by atoms with E-state index in [2.05, 4.69) is 54.2 Å². The van der Waals surface area contributed by atoms with Gasteiger partial charge in [-0.15, -0.1) is 0 Å². The summed E-state index contributed by atoms with van der Waals surface area (Å²) in [6, 6.07) is 10.1. The van der Waals surface area contributed by atoms with E-state index in [0.717, 1.165) is 61.1 Å². The minimum Gasteiger partial charge on any atom is -0.352 e. The van der Waals surface area contributed by atoms with Crippen molar-refractivity contribution in [2.45, 2.75) is 6.92 Å². The maximum Gasteiger partial charge on any atom is 0.116 e. The van der Waals surface area contributed by atoms with Crippen LogP contribution in [0.3, 0.4) is 0 Å². The van der Waals surface area contributed by atoms with Crippen molar-refractivity contribution in [3.05, 3.63) is 79.3 Å². The number of nitrogens with zero attached hydrogens (tertiary/aromatic N) is 5. The van der Waals surface area contributed by atoms with E-state index in [9.17, 15) is 0 Å². The zero-order valence-electron chi connectivity index (χ0n) is 16.7. The molecule has 0 fully saturated rings. The van der Waals surface area contributed by atoms with Crippen LogP contribution in [-0.2, 0) is 0 Å². The van der Waals surface area contributed by atoms with Gasteiger partial charge in [0.25, 0.3) is 0 Å². The highest BCUT2D eigenvalue weighted by molar-refractivity contribution is 6.01. The van der Waals surface area contributed by atoms with Crippen molar-refractivity contribution in [2.24, 2.45) is 0 Å². The molecule has 0 amide bonds. The molecule has 31 heavy (non-hydrogen) atoms. The third kappa shape index (κ3) is 2.86. The fourth-order valence-electron chi connectivity index (χ4n) is 3.93. The predicted octanol–water partition coefficient (Wildman–Crippen LogP) is 4.93. The Kier molecular flexibility index (Phi) is 3.86. The number of hydrogen-bond donors (Lipinski definition) is 2. The van der Waals surface area contributed by atoms with Crippen molar-refractivity contribution in [1.29, 1.82) is 0 Å². The highest BCUT2D eigenvalue weighted by atomic mass is 15.1. The SMILES string of the molecule is Cc1ccncc1-c1cc2c(-c3cc4c(-c5cccnc5)cncc4[nH]3)n[nH]c2cn1. The maximum absolute atomic E-state index is 4.60. The molecule has 0 aliphatic carbocycles.